The first-order valence-corrected chi connectivity index (χ1v) is 7.73. The van der Waals surface area contributed by atoms with Crippen LogP contribution in [0.3, 0.4) is 0 Å². The van der Waals surface area contributed by atoms with Gasteiger partial charge in [-0.3, -0.25) is 4.90 Å². The van der Waals surface area contributed by atoms with E-state index in [0.29, 0.717) is 13.1 Å². The van der Waals surface area contributed by atoms with E-state index in [4.69, 9.17) is 0 Å². The van der Waals surface area contributed by atoms with E-state index in [2.05, 4.69) is 53.1 Å². The highest BCUT2D eigenvalue weighted by Gasteiger charge is 2.12. The molecule has 0 aliphatic carbocycles. The minimum absolute atomic E-state index is 0.375. The molecule has 3 heteroatoms. The van der Waals surface area contributed by atoms with Gasteiger partial charge >= 0.3 is 0 Å². The summed E-state index contributed by atoms with van der Waals surface area (Å²) in [6, 6.07) is 18.7. The molecular weight excluding hydrogens is 272 g/mol. The van der Waals surface area contributed by atoms with Crippen molar-refractivity contribution in [3.05, 3.63) is 65.7 Å². The minimum atomic E-state index is -0.375. The van der Waals surface area contributed by atoms with E-state index >= 15 is 0 Å². The van der Waals surface area contributed by atoms with Gasteiger partial charge in [-0.1, -0.05) is 48.0 Å². The summed E-state index contributed by atoms with van der Waals surface area (Å²) >= 11 is 0. The van der Waals surface area contributed by atoms with Crippen LogP contribution in [0.15, 0.2) is 54.6 Å². The minimum Gasteiger partial charge on any atom is -0.390 e. The maximum atomic E-state index is 10.3. The Bertz CT molecular complexity index is 553. The zero-order valence-corrected chi connectivity index (χ0v) is 13.7. The number of aryl methyl sites for hydroxylation is 1. The summed E-state index contributed by atoms with van der Waals surface area (Å²) in [5, 5.41) is 10.3. The molecule has 22 heavy (non-hydrogen) atoms. The van der Waals surface area contributed by atoms with Crippen LogP contribution in [-0.4, -0.2) is 43.3 Å². The van der Waals surface area contributed by atoms with Crippen molar-refractivity contribution in [1.82, 2.24) is 4.90 Å². The monoisotopic (exact) mass is 298 g/mol. The molecule has 0 bridgehead atoms. The predicted octanol–water partition coefficient (Wildman–Crippen LogP) is 2.92. The van der Waals surface area contributed by atoms with E-state index in [1.54, 1.807) is 0 Å². The molecule has 118 valence electrons. The van der Waals surface area contributed by atoms with Gasteiger partial charge in [0.15, 0.2) is 0 Å². The van der Waals surface area contributed by atoms with Crippen molar-refractivity contribution in [2.45, 2.75) is 19.6 Å². The molecule has 0 radical (unpaired) electrons. The third-order valence-electron chi connectivity index (χ3n) is 3.78. The molecule has 2 aromatic rings. The number of likely N-dealkylation sites (N-methyl/N-ethyl adjacent to an activating group) is 2. The summed E-state index contributed by atoms with van der Waals surface area (Å²) in [6.45, 7) is 4.22. The van der Waals surface area contributed by atoms with Crippen LogP contribution in [0.25, 0.3) is 0 Å². The Labute approximate surface area is 133 Å². The van der Waals surface area contributed by atoms with Crippen LogP contribution in [0.5, 0.6) is 0 Å². The standard InChI is InChI=1S/C19H26N2O/c1-16-9-11-18(12-10-16)21(3)15-19(22)14-20(2)13-17-7-5-4-6-8-17/h4-12,19,22H,13-15H2,1-3H3. The summed E-state index contributed by atoms with van der Waals surface area (Å²) < 4.78 is 0. The fourth-order valence-electron chi connectivity index (χ4n) is 2.60. The Hall–Kier alpha value is -1.84. The lowest BCUT2D eigenvalue weighted by atomic mass is 10.2. The molecule has 0 saturated carbocycles. The highest BCUT2D eigenvalue weighted by molar-refractivity contribution is 5.46. The highest BCUT2D eigenvalue weighted by atomic mass is 16.3. The maximum Gasteiger partial charge on any atom is 0.0841 e. The second-order valence-electron chi connectivity index (χ2n) is 6.05. The van der Waals surface area contributed by atoms with Crippen LogP contribution < -0.4 is 4.90 Å². The van der Waals surface area contributed by atoms with Crippen molar-refractivity contribution in [3.63, 3.8) is 0 Å². The molecule has 0 amide bonds. The molecule has 0 spiro atoms. The molecule has 0 aliphatic rings. The van der Waals surface area contributed by atoms with Gasteiger partial charge in [0.2, 0.25) is 0 Å². The summed E-state index contributed by atoms with van der Waals surface area (Å²) in [5.74, 6) is 0. The van der Waals surface area contributed by atoms with Crippen molar-refractivity contribution in [2.24, 2.45) is 0 Å². The van der Waals surface area contributed by atoms with Gasteiger partial charge in [-0.15, -0.1) is 0 Å². The van der Waals surface area contributed by atoms with Crippen LogP contribution in [0.2, 0.25) is 0 Å². The van der Waals surface area contributed by atoms with E-state index < -0.39 is 0 Å². The molecule has 0 aliphatic heterocycles. The molecule has 2 rings (SSSR count). The molecular formula is C19H26N2O. The van der Waals surface area contributed by atoms with Crippen molar-refractivity contribution >= 4 is 5.69 Å². The first kappa shape index (κ1) is 16.5. The van der Waals surface area contributed by atoms with Crippen molar-refractivity contribution in [3.8, 4) is 0 Å². The quantitative estimate of drug-likeness (QED) is 0.851. The molecule has 3 nitrogen and oxygen atoms in total. The summed E-state index contributed by atoms with van der Waals surface area (Å²) in [5.41, 5.74) is 3.65. The van der Waals surface area contributed by atoms with Gasteiger partial charge in [-0.2, -0.15) is 0 Å². The molecule has 0 saturated heterocycles. The SMILES string of the molecule is Cc1ccc(N(C)CC(O)CN(C)Cc2ccccc2)cc1. The third kappa shape index (κ3) is 5.17. The number of aliphatic hydroxyl groups is 1. The number of benzene rings is 2. The second-order valence-corrected chi connectivity index (χ2v) is 6.05. The van der Waals surface area contributed by atoms with Crippen molar-refractivity contribution < 1.29 is 5.11 Å². The fraction of sp³-hybridized carbons (Fsp3) is 0.368. The lowest BCUT2D eigenvalue weighted by Crippen LogP contribution is -2.37. The lowest BCUT2D eigenvalue weighted by molar-refractivity contribution is 0.128. The molecule has 2 aromatic carbocycles. The topological polar surface area (TPSA) is 26.7 Å². The third-order valence-corrected chi connectivity index (χ3v) is 3.78. The molecule has 0 heterocycles. The smallest absolute Gasteiger partial charge is 0.0841 e. The summed E-state index contributed by atoms with van der Waals surface area (Å²) in [7, 11) is 4.06. The van der Waals surface area contributed by atoms with E-state index in [9.17, 15) is 5.11 Å². The van der Waals surface area contributed by atoms with Gasteiger partial charge in [0, 0.05) is 32.4 Å². The van der Waals surface area contributed by atoms with Crippen LogP contribution in [0.4, 0.5) is 5.69 Å². The van der Waals surface area contributed by atoms with Crippen molar-refractivity contribution in [2.75, 3.05) is 32.1 Å². The van der Waals surface area contributed by atoms with Gasteiger partial charge in [-0.05, 0) is 31.7 Å². The van der Waals surface area contributed by atoms with Crippen molar-refractivity contribution in [1.29, 1.82) is 0 Å². The molecule has 1 unspecified atom stereocenters. The molecule has 1 N–H and O–H groups in total. The summed E-state index contributed by atoms with van der Waals surface area (Å²) in [4.78, 5) is 4.25. The van der Waals surface area contributed by atoms with E-state index in [1.165, 1.54) is 11.1 Å². The first-order valence-electron chi connectivity index (χ1n) is 7.73. The second kappa shape index (κ2) is 7.97. The number of hydrogen-bond acceptors (Lipinski definition) is 3. The normalized spacial score (nSPS) is 12.4. The van der Waals surface area contributed by atoms with Crippen LogP contribution in [-0.2, 0) is 6.54 Å². The first-order chi connectivity index (χ1) is 10.5. The van der Waals surface area contributed by atoms with Gasteiger partial charge < -0.3 is 10.0 Å². The van der Waals surface area contributed by atoms with E-state index in [0.717, 1.165) is 12.2 Å². The number of rotatable bonds is 7. The average Bonchev–Trinajstić information content (AvgIpc) is 2.48. The zero-order valence-electron chi connectivity index (χ0n) is 13.7. The molecule has 0 fully saturated rings. The van der Waals surface area contributed by atoms with Crippen LogP contribution >= 0.6 is 0 Å². The largest absolute Gasteiger partial charge is 0.390 e. The highest BCUT2D eigenvalue weighted by Crippen LogP contribution is 2.14. The zero-order chi connectivity index (χ0) is 15.9. The fourth-order valence-corrected chi connectivity index (χ4v) is 2.60. The van der Waals surface area contributed by atoms with Crippen LogP contribution in [0, 0.1) is 6.92 Å². The Kier molecular flexibility index (Phi) is 5.99. The van der Waals surface area contributed by atoms with E-state index in [1.807, 2.05) is 32.3 Å². The van der Waals surface area contributed by atoms with E-state index in [-0.39, 0.29) is 6.10 Å². The predicted molar refractivity (Wildman–Crippen MR) is 93.2 cm³/mol. The lowest BCUT2D eigenvalue weighted by Gasteiger charge is -2.26. The average molecular weight is 298 g/mol. The molecule has 0 aromatic heterocycles. The van der Waals surface area contributed by atoms with Gasteiger partial charge in [0.1, 0.15) is 0 Å². The Morgan fingerprint density at radius 3 is 2.18 bits per heavy atom. The van der Waals surface area contributed by atoms with Gasteiger partial charge in [0.25, 0.3) is 0 Å². The Balaban J connectivity index is 1.81. The maximum absolute atomic E-state index is 10.3. The molecule has 1 atom stereocenters. The summed E-state index contributed by atoms with van der Waals surface area (Å²) in [6.07, 6.45) is -0.375. The van der Waals surface area contributed by atoms with Gasteiger partial charge in [0.05, 0.1) is 6.10 Å². The number of anilines is 1. The number of nitrogens with zero attached hydrogens (tertiary/aromatic N) is 2. The van der Waals surface area contributed by atoms with Crippen LogP contribution in [0.1, 0.15) is 11.1 Å². The Morgan fingerprint density at radius 1 is 0.909 bits per heavy atom. The number of hydrogen-bond donors (Lipinski definition) is 1. The Morgan fingerprint density at radius 2 is 1.55 bits per heavy atom. The van der Waals surface area contributed by atoms with Gasteiger partial charge in [-0.25, -0.2) is 0 Å². The number of aliphatic hydroxyl groups excluding tert-OH is 1.